The number of fused-ring (bicyclic) bond motifs is 2. The van der Waals surface area contributed by atoms with E-state index in [1.54, 1.807) is 18.3 Å². The third-order valence-electron chi connectivity index (χ3n) is 3.71. The van der Waals surface area contributed by atoms with E-state index in [9.17, 15) is 4.79 Å². The van der Waals surface area contributed by atoms with Gasteiger partial charge in [0.05, 0.1) is 5.52 Å². The molecule has 0 aliphatic carbocycles. The molecule has 0 aliphatic heterocycles. The molecular formula is C17H13N5O. The predicted molar refractivity (Wildman–Crippen MR) is 89.6 cm³/mol. The molecule has 6 heteroatoms. The predicted octanol–water partition coefficient (Wildman–Crippen LogP) is 2.95. The van der Waals surface area contributed by atoms with Crippen LogP contribution in [0.5, 0.6) is 0 Å². The van der Waals surface area contributed by atoms with E-state index in [4.69, 9.17) is 5.73 Å². The molecule has 0 spiro atoms. The Kier molecular flexibility index (Phi) is 2.94. The molecule has 0 saturated heterocycles. The zero-order valence-electron chi connectivity index (χ0n) is 12.1. The Bertz CT molecular complexity index is 1040. The SMILES string of the molecule is NC(=O)c1ccc2ccc(Nc3n[nH]c4cccnc34)cc2c1. The third-order valence-corrected chi connectivity index (χ3v) is 3.71. The van der Waals surface area contributed by atoms with E-state index in [-0.39, 0.29) is 0 Å². The summed E-state index contributed by atoms with van der Waals surface area (Å²) in [6, 6.07) is 15.0. The number of aromatic nitrogens is 3. The van der Waals surface area contributed by atoms with Crippen LogP contribution in [0.1, 0.15) is 10.4 Å². The van der Waals surface area contributed by atoms with Crippen molar-refractivity contribution in [1.29, 1.82) is 0 Å². The second kappa shape index (κ2) is 5.10. The molecule has 0 radical (unpaired) electrons. The maximum atomic E-state index is 11.3. The highest BCUT2D eigenvalue weighted by Crippen LogP contribution is 2.25. The Labute approximate surface area is 131 Å². The third kappa shape index (κ3) is 2.36. The Balaban J connectivity index is 1.75. The highest BCUT2D eigenvalue weighted by atomic mass is 16.1. The first-order chi connectivity index (χ1) is 11.2. The minimum Gasteiger partial charge on any atom is -0.366 e. The van der Waals surface area contributed by atoms with Crippen molar-refractivity contribution in [2.45, 2.75) is 0 Å². The summed E-state index contributed by atoms with van der Waals surface area (Å²) < 4.78 is 0. The number of H-pyrrole nitrogens is 1. The first kappa shape index (κ1) is 13.3. The van der Waals surface area contributed by atoms with Crippen LogP contribution in [0.15, 0.2) is 54.7 Å². The number of nitrogens with one attached hydrogen (secondary N) is 2. The van der Waals surface area contributed by atoms with E-state index >= 15 is 0 Å². The van der Waals surface area contributed by atoms with E-state index in [1.165, 1.54) is 0 Å². The van der Waals surface area contributed by atoms with Crippen LogP contribution in [0.2, 0.25) is 0 Å². The molecule has 2 aromatic carbocycles. The van der Waals surface area contributed by atoms with Crippen LogP contribution in [0.4, 0.5) is 11.5 Å². The fourth-order valence-electron chi connectivity index (χ4n) is 2.55. The summed E-state index contributed by atoms with van der Waals surface area (Å²) in [6.45, 7) is 0. The van der Waals surface area contributed by atoms with Gasteiger partial charge < -0.3 is 11.1 Å². The molecule has 4 N–H and O–H groups in total. The standard InChI is InChI=1S/C17H13N5O/c18-16(23)11-4-3-10-5-6-13(9-12(10)8-11)20-17-15-14(21-22-17)2-1-7-19-15/h1-9H,(H2,18,23)(H2,20,21,22). The number of amides is 1. The Hall–Kier alpha value is -3.41. The van der Waals surface area contributed by atoms with E-state index < -0.39 is 5.91 Å². The first-order valence-electron chi connectivity index (χ1n) is 7.10. The average molecular weight is 303 g/mol. The minimum atomic E-state index is -0.437. The molecule has 0 fully saturated rings. The molecule has 23 heavy (non-hydrogen) atoms. The number of anilines is 2. The molecule has 2 heterocycles. The van der Waals surface area contributed by atoms with Crippen LogP contribution in [0.25, 0.3) is 21.8 Å². The van der Waals surface area contributed by atoms with Gasteiger partial charge in [0.25, 0.3) is 0 Å². The summed E-state index contributed by atoms with van der Waals surface area (Å²) in [5.41, 5.74) is 8.33. The molecule has 4 aromatic rings. The van der Waals surface area contributed by atoms with Crippen molar-refractivity contribution in [1.82, 2.24) is 15.2 Å². The Morgan fingerprint density at radius 1 is 1.09 bits per heavy atom. The van der Waals surface area contributed by atoms with Crippen molar-refractivity contribution in [3.63, 3.8) is 0 Å². The summed E-state index contributed by atoms with van der Waals surface area (Å²) in [6.07, 6.45) is 1.72. The normalized spacial score (nSPS) is 11.0. The summed E-state index contributed by atoms with van der Waals surface area (Å²) in [5, 5.41) is 12.4. The fraction of sp³-hybridized carbons (Fsp3) is 0. The van der Waals surface area contributed by atoms with Gasteiger partial charge in [-0.15, -0.1) is 0 Å². The zero-order chi connectivity index (χ0) is 15.8. The van der Waals surface area contributed by atoms with Crippen molar-refractivity contribution in [3.8, 4) is 0 Å². The van der Waals surface area contributed by atoms with Crippen LogP contribution in [-0.4, -0.2) is 21.1 Å². The Morgan fingerprint density at radius 3 is 2.83 bits per heavy atom. The molecule has 0 atom stereocenters. The van der Waals surface area contributed by atoms with Gasteiger partial charge in [-0.3, -0.25) is 14.9 Å². The van der Waals surface area contributed by atoms with Crippen LogP contribution in [-0.2, 0) is 0 Å². The van der Waals surface area contributed by atoms with Gasteiger partial charge in [0, 0.05) is 17.4 Å². The highest BCUT2D eigenvalue weighted by Gasteiger charge is 2.07. The average Bonchev–Trinajstić information content (AvgIpc) is 2.97. The molecule has 0 saturated carbocycles. The van der Waals surface area contributed by atoms with E-state index in [0.717, 1.165) is 27.5 Å². The van der Waals surface area contributed by atoms with Gasteiger partial charge in [-0.25, -0.2) is 0 Å². The number of hydrogen-bond acceptors (Lipinski definition) is 4. The molecule has 4 rings (SSSR count). The number of hydrogen-bond donors (Lipinski definition) is 3. The van der Waals surface area contributed by atoms with Crippen molar-refractivity contribution >= 4 is 39.2 Å². The number of carbonyl (C=O) groups excluding carboxylic acids is 1. The lowest BCUT2D eigenvalue weighted by molar-refractivity contribution is 0.100. The van der Waals surface area contributed by atoms with Gasteiger partial charge in [-0.2, -0.15) is 5.10 Å². The van der Waals surface area contributed by atoms with Crippen LogP contribution >= 0.6 is 0 Å². The summed E-state index contributed by atoms with van der Waals surface area (Å²) in [7, 11) is 0. The van der Waals surface area contributed by atoms with Crippen molar-refractivity contribution in [2.24, 2.45) is 5.73 Å². The second-order valence-electron chi connectivity index (χ2n) is 5.24. The van der Waals surface area contributed by atoms with Gasteiger partial charge >= 0.3 is 0 Å². The Morgan fingerprint density at radius 2 is 1.96 bits per heavy atom. The number of primary amides is 1. The molecule has 0 aliphatic rings. The van der Waals surface area contributed by atoms with Gasteiger partial charge in [0.1, 0.15) is 5.52 Å². The number of nitrogens with two attached hydrogens (primary N) is 1. The van der Waals surface area contributed by atoms with Crippen LogP contribution < -0.4 is 11.1 Å². The largest absolute Gasteiger partial charge is 0.366 e. The lowest BCUT2D eigenvalue weighted by Gasteiger charge is -2.06. The molecule has 6 nitrogen and oxygen atoms in total. The molecule has 1 amide bonds. The summed E-state index contributed by atoms with van der Waals surface area (Å²) in [4.78, 5) is 15.6. The van der Waals surface area contributed by atoms with E-state index in [2.05, 4.69) is 20.5 Å². The number of aromatic amines is 1. The van der Waals surface area contributed by atoms with Crippen molar-refractivity contribution in [2.75, 3.05) is 5.32 Å². The first-order valence-corrected chi connectivity index (χ1v) is 7.10. The molecular weight excluding hydrogens is 290 g/mol. The quantitative estimate of drug-likeness (QED) is 0.542. The molecule has 0 bridgehead atoms. The number of benzene rings is 2. The van der Waals surface area contributed by atoms with Crippen molar-refractivity contribution < 1.29 is 4.79 Å². The highest BCUT2D eigenvalue weighted by molar-refractivity contribution is 5.98. The minimum absolute atomic E-state index is 0.437. The topological polar surface area (TPSA) is 96.7 Å². The number of rotatable bonds is 3. The summed E-state index contributed by atoms with van der Waals surface area (Å²) >= 11 is 0. The summed E-state index contributed by atoms with van der Waals surface area (Å²) in [5.74, 6) is 0.221. The maximum absolute atomic E-state index is 11.3. The monoisotopic (exact) mass is 303 g/mol. The van der Waals surface area contributed by atoms with Crippen LogP contribution in [0.3, 0.4) is 0 Å². The molecule has 112 valence electrons. The fourth-order valence-corrected chi connectivity index (χ4v) is 2.55. The number of pyridine rings is 1. The van der Waals surface area contributed by atoms with Gasteiger partial charge in [0.2, 0.25) is 5.91 Å². The van der Waals surface area contributed by atoms with Gasteiger partial charge in [-0.1, -0.05) is 12.1 Å². The van der Waals surface area contributed by atoms with Gasteiger partial charge in [-0.05, 0) is 47.2 Å². The lowest BCUT2D eigenvalue weighted by Crippen LogP contribution is -2.10. The molecule has 2 aromatic heterocycles. The van der Waals surface area contributed by atoms with Gasteiger partial charge in [0.15, 0.2) is 5.82 Å². The van der Waals surface area contributed by atoms with Crippen LogP contribution in [0, 0.1) is 0 Å². The number of nitrogens with zero attached hydrogens (tertiary/aromatic N) is 2. The zero-order valence-corrected chi connectivity index (χ0v) is 12.1. The lowest BCUT2D eigenvalue weighted by atomic mass is 10.1. The second-order valence-corrected chi connectivity index (χ2v) is 5.24. The van der Waals surface area contributed by atoms with E-state index in [0.29, 0.717) is 11.4 Å². The maximum Gasteiger partial charge on any atom is 0.248 e. The molecule has 0 unspecified atom stereocenters. The number of carbonyl (C=O) groups is 1. The van der Waals surface area contributed by atoms with Crippen molar-refractivity contribution in [3.05, 3.63) is 60.3 Å². The smallest absolute Gasteiger partial charge is 0.248 e. The van der Waals surface area contributed by atoms with E-state index in [1.807, 2.05) is 36.4 Å².